The zero-order chi connectivity index (χ0) is 20.7. The number of likely N-dealkylation sites (tertiary alicyclic amines) is 1. The average Bonchev–Trinajstić information content (AvgIpc) is 3.37. The lowest BCUT2D eigenvalue weighted by atomic mass is 9.81. The lowest BCUT2D eigenvalue weighted by Gasteiger charge is -2.19. The van der Waals surface area contributed by atoms with Crippen LogP contribution in [-0.4, -0.2) is 41.7 Å². The van der Waals surface area contributed by atoms with Crippen molar-refractivity contribution >= 4 is 41.0 Å². The van der Waals surface area contributed by atoms with Crippen LogP contribution >= 0.6 is 11.6 Å². The third kappa shape index (κ3) is 3.64. The lowest BCUT2D eigenvalue weighted by molar-refractivity contribution is -0.149. The Balaban J connectivity index is 1.24. The molecule has 2 saturated carbocycles. The monoisotopic (exact) mass is 418 g/mol. The van der Waals surface area contributed by atoms with Crippen LogP contribution in [0.5, 0.6) is 0 Å². The number of nitrogens with one attached hydrogen (secondary N) is 1. The zero-order valence-corrected chi connectivity index (χ0v) is 16.9. The second kappa shape index (κ2) is 7.78. The van der Waals surface area contributed by atoms with Crippen molar-refractivity contribution in [3.05, 3.63) is 28.8 Å². The van der Waals surface area contributed by atoms with E-state index in [1.165, 1.54) is 4.90 Å². The summed E-state index contributed by atoms with van der Waals surface area (Å²) in [5.74, 6) is -1.14. The Morgan fingerprint density at radius 1 is 1.17 bits per heavy atom. The first-order valence-electron chi connectivity index (χ1n) is 9.92. The van der Waals surface area contributed by atoms with Crippen molar-refractivity contribution in [3.63, 3.8) is 0 Å². The van der Waals surface area contributed by atoms with Crippen LogP contribution in [0, 0.1) is 30.6 Å². The summed E-state index contributed by atoms with van der Waals surface area (Å²) in [4.78, 5) is 50.4. The largest absolute Gasteiger partial charge is 0.456 e. The molecule has 1 aliphatic heterocycles. The molecule has 154 valence electrons. The Hall–Kier alpha value is -2.41. The first kappa shape index (κ1) is 19.9. The molecule has 3 amide bonds. The Labute approximate surface area is 173 Å². The van der Waals surface area contributed by atoms with E-state index in [-0.39, 0.29) is 36.6 Å². The number of nitrogens with zero attached hydrogens (tertiary/aromatic N) is 1. The molecule has 29 heavy (non-hydrogen) atoms. The van der Waals surface area contributed by atoms with Crippen LogP contribution in [-0.2, 0) is 23.9 Å². The Kier molecular flexibility index (Phi) is 5.34. The first-order chi connectivity index (χ1) is 13.9. The topological polar surface area (TPSA) is 92.8 Å². The molecule has 3 aliphatic rings. The minimum Gasteiger partial charge on any atom is -0.456 e. The van der Waals surface area contributed by atoms with Crippen LogP contribution in [0.1, 0.15) is 31.2 Å². The van der Waals surface area contributed by atoms with Crippen molar-refractivity contribution in [2.24, 2.45) is 23.7 Å². The van der Waals surface area contributed by atoms with Gasteiger partial charge < -0.3 is 10.1 Å². The number of carbonyl (C=O) groups is 4. The average molecular weight is 419 g/mol. The SMILES string of the molecule is Cc1c(Cl)cccc1NC(=O)COC(=O)CCN1C(=O)[C@@H]2[C@H]3CC[C@@H](C3)[C@H]2C1=O. The van der Waals surface area contributed by atoms with Gasteiger partial charge >= 0.3 is 5.97 Å². The van der Waals surface area contributed by atoms with Gasteiger partial charge in [-0.15, -0.1) is 0 Å². The maximum atomic E-state index is 12.6. The normalized spacial score (nSPS) is 27.3. The highest BCUT2D eigenvalue weighted by atomic mass is 35.5. The highest BCUT2D eigenvalue weighted by Crippen LogP contribution is 2.56. The van der Waals surface area contributed by atoms with Gasteiger partial charge in [0.1, 0.15) is 0 Å². The van der Waals surface area contributed by atoms with E-state index in [0.717, 1.165) is 24.8 Å². The number of halogens is 1. The number of anilines is 1. The predicted octanol–water partition coefficient (Wildman–Crippen LogP) is 2.55. The molecule has 4 atom stereocenters. The Bertz CT molecular complexity index is 858. The van der Waals surface area contributed by atoms with Crippen LogP contribution in [0.25, 0.3) is 0 Å². The van der Waals surface area contributed by atoms with Gasteiger partial charge in [0, 0.05) is 17.3 Å². The number of fused-ring (bicyclic) bond motifs is 5. The van der Waals surface area contributed by atoms with Crippen molar-refractivity contribution in [2.75, 3.05) is 18.5 Å². The van der Waals surface area contributed by atoms with Crippen LogP contribution in [0.4, 0.5) is 5.69 Å². The summed E-state index contributed by atoms with van der Waals surface area (Å²) >= 11 is 6.01. The molecule has 1 heterocycles. The Morgan fingerprint density at radius 3 is 2.48 bits per heavy atom. The number of rotatable bonds is 6. The fraction of sp³-hybridized carbons (Fsp3) is 0.524. The summed E-state index contributed by atoms with van der Waals surface area (Å²) in [6, 6.07) is 5.13. The third-order valence-corrected chi connectivity index (χ3v) is 6.87. The summed E-state index contributed by atoms with van der Waals surface area (Å²) in [5, 5.41) is 3.17. The molecule has 1 aromatic rings. The molecule has 0 radical (unpaired) electrons. The second-order valence-corrected chi connectivity index (χ2v) is 8.49. The summed E-state index contributed by atoms with van der Waals surface area (Å²) in [6.45, 7) is 1.34. The highest BCUT2D eigenvalue weighted by Gasteiger charge is 2.60. The molecule has 2 bridgehead atoms. The van der Waals surface area contributed by atoms with Gasteiger partial charge in [-0.3, -0.25) is 24.1 Å². The van der Waals surface area contributed by atoms with Crippen molar-refractivity contribution in [2.45, 2.75) is 32.6 Å². The summed E-state index contributed by atoms with van der Waals surface area (Å²) in [7, 11) is 0. The zero-order valence-electron chi connectivity index (χ0n) is 16.2. The fourth-order valence-corrected chi connectivity index (χ4v) is 5.22. The molecule has 0 spiro atoms. The van der Waals surface area contributed by atoms with E-state index >= 15 is 0 Å². The molecule has 1 saturated heterocycles. The number of hydrogen-bond acceptors (Lipinski definition) is 5. The number of benzene rings is 1. The molecule has 3 fully saturated rings. The molecule has 7 nitrogen and oxygen atoms in total. The van der Waals surface area contributed by atoms with E-state index < -0.39 is 18.5 Å². The third-order valence-electron chi connectivity index (χ3n) is 6.46. The van der Waals surface area contributed by atoms with E-state index in [1.807, 2.05) is 0 Å². The predicted molar refractivity (Wildman–Crippen MR) is 105 cm³/mol. The number of imide groups is 1. The molecular weight excluding hydrogens is 396 g/mol. The van der Waals surface area contributed by atoms with Crippen LogP contribution in [0.2, 0.25) is 5.02 Å². The van der Waals surface area contributed by atoms with E-state index in [2.05, 4.69) is 5.32 Å². The number of amides is 3. The van der Waals surface area contributed by atoms with E-state index in [4.69, 9.17) is 16.3 Å². The molecule has 1 aromatic carbocycles. The molecule has 4 rings (SSSR count). The maximum Gasteiger partial charge on any atom is 0.308 e. The van der Waals surface area contributed by atoms with Crippen molar-refractivity contribution in [1.29, 1.82) is 0 Å². The van der Waals surface area contributed by atoms with Gasteiger partial charge in [-0.2, -0.15) is 0 Å². The van der Waals surface area contributed by atoms with E-state index in [1.54, 1.807) is 25.1 Å². The van der Waals surface area contributed by atoms with Crippen LogP contribution < -0.4 is 5.32 Å². The smallest absolute Gasteiger partial charge is 0.308 e. The summed E-state index contributed by atoms with van der Waals surface area (Å²) < 4.78 is 4.99. The van der Waals surface area contributed by atoms with Gasteiger partial charge in [0.25, 0.3) is 5.91 Å². The molecule has 0 unspecified atom stereocenters. The van der Waals surface area contributed by atoms with Gasteiger partial charge in [0.05, 0.1) is 18.3 Å². The molecule has 0 aromatic heterocycles. The second-order valence-electron chi connectivity index (χ2n) is 8.08. The standard InChI is InChI=1S/C21H23ClN2O5/c1-11-14(22)3-2-4-15(11)23-16(25)10-29-17(26)7-8-24-20(27)18-12-5-6-13(9-12)19(18)21(24)28/h2-4,12-13,18-19H,5-10H2,1H3,(H,23,25)/t12-,13-,18+,19+/m0/s1. The van der Waals surface area contributed by atoms with Crippen molar-refractivity contribution < 1.29 is 23.9 Å². The number of ether oxygens (including phenoxy) is 1. The highest BCUT2D eigenvalue weighted by molar-refractivity contribution is 6.31. The van der Waals surface area contributed by atoms with E-state index in [9.17, 15) is 19.2 Å². The van der Waals surface area contributed by atoms with Gasteiger partial charge in [-0.05, 0) is 55.7 Å². The van der Waals surface area contributed by atoms with Gasteiger partial charge in [-0.1, -0.05) is 17.7 Å². The minimum absolute atomic E-state index is 0.0119. The van der Waals surface area contributed by atoms with Crippen molar-refractivity contribution in [3.8, 4) is 0 Å². The van der Waals surface area contributed by atoms with Crippen molar-refractivity contribution in [1.82, 2.24) is 4.90 Å². The van der Waals surface area contributed by atoms with Gasteiger partial charge in [0.15, 0.2) is 6.61 Å². The molecule has 1 N–H and O–H groups in total. The molecular formula is C21H23ClN2O5. The Morgan fingerprint density at radius 2 is 1.83 bits per heavy atom. The molecule has 8 heteroatoms. The number of hydrogen-bond donors (Lipinski definition) is 1. The minimum atomic E-state index is -0.622. The first-order valence-corrected chi connectivity index (χ1v) is 10.3. The van der Waals surface area contributed by atoms with E-state index in [0.29, 0.717) is 22.5 Å². The van der Waals surface area contributed by atoms with Gasteiger partial charge in [-0.25, -0.2) is 0 Å². The summed E-state index contributed by atoms with van der Waals surface area (Å²) in [5.41, 5.74) is 1.27. The lowest BCUT2D eigenvalue weighted by Crippen LogP contribution is -2.35. The van der Waals surface area contributed by atoms with Crippen LogP contribution in [0.15, 0.2) is 18.2 Å². The number of carbonyl (C=O) groups excluding carboxylic acids is 4. The van der Waals surface area contributed by atoms with Crippen LogP contribution in [0.3, 0.4) is 0 Å². The quantitative estimate of drug-likeness (QED) is 0.566. The fourth-order valence-electron chi connectivity index (χ4n) is 5.04. The molecule has 2 aliphatic carbocycles. The van der Waals surface area contributed by atoms with Gasteiger partial charge in [0.2, 0.25) is 11.8 Å². The maximum absolute atomic E-state index is 12.6. The number of esters is 1. The summed E-state index contributed by atoms with van der Waals surface area (Å²) in [6.07, 6.45) is 2.89.